The topological polar surface area (TPSA) is 107 Å². The molecule has 0 fully saturated rings. The molecule has 0 aliphatic carbocycles. The van der Waals surface area contributed by atoms with Gasteiger partial charge in [0, 0.05) is 6.54 Å². The first-order valence-corrected chi connectivity index (χ1v) is 4.92. The second-order valence-corrected chi connectivity index (χ2v) is 3.79. The Balaban J connectivity index is 3.06. The van der Waals surface area contributed by atoms with Crippen LogP contribution in [-0.2, 0) is 10.0 Å². The van der Waals surface area contributed by atoms with Gasteiger partial charge in [0.05, 0.1) is 0 Å². The molecule has 1 rings (SSSR count). The number of rotatable bonds is 2. The summed E-state index contributed by atoms with van der Waals surface area (Å²) in [4.78, 5) is 9.58. The Morgan fingerprint density at radius 3 is 2.92 bits per heavy atom. The molecule has 70 valence electrons. The molecular weight excluding hydrogens is 194 g/mol. The van der Waals surface area contributed by atoms with Crippen molar-refractivity contribution in [1.82, 2.24) is 4.72 Å². The standard InChI is InChI=1S/C5H7N5O2S/c1-2-9-13(11,12)5-4(10-6)7-3-8-5/h3,9H,2H2,1H3. The Kier molecular flexibility index (Phi) is 2.66. The van der Waals surface area contributed by atoms with Crippen LogP contribution in [0.3, 0.4) is 0 Å². The SMILES string of the molecule is CCNS(=O)(=O)C1=NC=NC1=[N+]=[N-]. The summed E-state index contributed by atoms with van der Waals surface area (Å²) >= 11 is 0. The summed E-state index contributed by atoms with van der Waals surface area (Å²) in [5.41, 5.74) is 8.37. The zero-order chi connectivity index (χ0) is 9.90. The fourth-order valence-corrected chi connectivity index (χ4v) is 1.80. The van der Waals surface area contributed by atoms with E-state index in [2.05, 4.69) is 19.5 Å². The quantitative estimate of drug-likeness (QED) is 0.456. The van der Waals surface area contributed by atoms with Crippen molar-refractivity contribution < 1.29 is 13.2 Å². The molecular formula is C5H7N5O2S. The number of amidine groups is 1. The number of hydrogen-bond donors (Lipinski definition) is 1. The highest BCUT2D eigenvalue weighted by atomic mass is 32.2. The number of hydrogen-bond acceptors (Lipinski definition) is 3. The smallest absolute Gasteiger partial charge is 0.442 e. The normalized spacial score (nSPS) is 15.8. The molecule has 1 aliphatic rings. The first-order valence-electron chi connectivity index (χ1n) is 3.44. The maximum Gasteiger partial charge on any atom is 0.442 e. The largest absolute Gasteiger partial charge is 0.497 e. The molecule has 0 spiro atoms. The van der Waals surface area contributed by atoms with Gasteiger partial charge in [-0.1, -0.05) is 6.92 Å². The Labute approximate surface area is 74.9 Å². The Hall–Kier alpha value is -1.37. The molecule has 0 aromatic rings. The number of sulfonamides is 1. The second-order valence-electron chi connectivity index (χ2n) is 2.10. The minimum atomic E-state index is -3.69. The van der Waals surface area contributed by atoms with Gasteiger partial charge in [0.15, 0.2) is 0 Å². The van der Waals surface area contributed by atoms with Crippen LogP contribution in [0.4, 0.5) is 0 Å². The summed E-state index contributed by atoms with van der Waals surface area (Å²) in [6.07, 6.45) is 1.01. The first kappa shape index (κ1) is 9.72. The van der Waals surface area contributed by atoms with E-state index in [0.717, 1.165) is 6.34 Å². The molecule has 0 amide bonds. The monoisotopic (exact) mass is 201 g/mol. The fourth-order valence-electron chi connectivity index (χ4n) is 0.765. The van der Waals surface area contributed by atoms with Gasteiger partial charge in [0.1, 0.15) is 0 Å². The molecule has 0 aromatic carbocycles. The molecule has 7 nitrogen and oxygen atoms in total. The van der Waals surface area contributed by atoms with Gasteiger partial charge in [-0.15, -0.1) is 0 Å². The van der Waals surface area contributed by atoms with Crippen molar-refractivity contribution in [2.45, 2.75) is 6.92 Å². The third kappa shape index (κ3) is 1.86. The molecule has 8 heteroatoms. The maximum absolute atomic E-state index is 11.3. The molecule has 0 aromatic heterocycles. The molecule has 0 bridgehead atoms. The van der Waals surface area contributed by atoms with E-state index in [9.17, 15) is 8.42 Å². The van der Waals surface area contributed by atoms with Crippen molar-refractivity contribution in [2.24, 2.45) is 9.98 Å². The molecule has 1 heterocycles. The van der Waals surface area contributed by atoms with E-state index >= 15 is 0 Å². The van der Waals surface area contributed by atoms with E-state index in [-0.39, 0.29) is 17.4 Å². The molecule has 0 atom stereocenters. The predicted molar refractivity (Wildman–Crippen MR) is 47.1 cm³/mol. The molecule has 13 heavy (non-hydrogen) atoms. The van der Waals surface area contributed by atoms with Crippen molar-refractivity contribution in [2.75, 3.05) is 6.54 Å². The Bertz CT molecular complexity index is 414. The minimum absolute atomic E-state index is 0.236. The predicted octanol–water partition coefficient (Wildman–Crippen LogP) is -1.01. The van der Waals surface area contributed by atoms with Crippen LogP contribution in [-0.4, -0.2) is 37.0 Å². The number of nitrogens with zero attached hydrogens (tertiary/aromatic N) is 4. The molecule has 1 aliphatic heterocycles. The number of nitrogens with one attached hydrogen (secondary N) is 1. The van der Waals surface area contributed by atoms with Gasteiger partial charge in [-0.3, -0.25) is 0 Å². The van der Waals surface area contributed by atoms with E-state index in [1.807, 2.05) is 0 Å². The highest BCUT2D eigenvalue weighted by Crippen LogP contribution is 1.98. The molecule has 1 N–H and O–H groups in total. The van der Waals surface area contributed by atoms with E-state index in [0.29, 0.717) is 0 Å². The van der Waals surface area contributed by atoms with Crippen LogP contribution in [0, 0.1) is 0 Å². The van der Waals surface area contributed by atoms with Crippen molar-refractivity contribution in [3.63, 3.8) is 0 Å². The molecule has 0 saturated carbocycles. The highest BCUT2D eigenvalue weighted by Gasteiger charge is 2.33. The van der Waals surface area contributed by atoms with Crippen molar-refractivity contribution in [1.29, 1.82) is 0 Å². The van der Waals surface area contributed by atoms with E-state index in [1.54, 1.807) is 6.92 Å². The highest BCUT2D eigenvalue weighted by molar-refractivity contribution is 8.06. The Morgan fingerprint density at radius 1 is 1.69 bits per heavy atom. The lowest BCUT2D eigenvalue weighted by molar-refractivity contribution is -0.00254. The van der Waals surface area contributed by atoms with Crippen molar-refractivity contribution >= 4 is 27.2 Å². The fraction of sp³-hybridized carbons (Fsp3) is 0.400. The summed E-state index contributed by atoms with van der Waals surface area (Å²) in [5, 5.41) is -0.364. The van der Waals surface area contributed by atoms with Crippen LogP contribution in [0.1, 0.15) is 6.92 Å². The van der Waals surface area contributed by atoms with Crippen LogP contribution in [0.15, 0.2) is 9.98 Å². The van der Waals surface area contributed by atoms with Gasteiger partial charge in [-0.25, -0.2) is 13.1 Å². The lowest BCUT2D eigenvalue weighted by atomic mass is 10.7. The van der Waals surface area contributed by atoms with Crippen LogP contribution < -0.4 is 4.72 Å². The van der Waals surface area contributed by atoms with Crippen LogP contribution in [0.5, 0.6) is 0 Å². The summed E-state index contributed by atoms with van der Waals surface area (Å²) in [5.74, 6) is -0.305. The van der Waals surface area contributed by atoms with Crippen molar-refractivity contribution in [3.05, 3.63) is 5.53 Å². The second kappa shape index (κ2) is 3.56. The van der Waals surface area contributed by atoms with Crippen molar-refractivity contribution in [3.8, 4) is 0 Å². The third-order valence-electron chi connectivity index (χ3n) is 1.23. The summed E-state index contributed by atoms with van der Waals surface area (Å²) < 4.78 is 24.8. The lowest BCUT2D eigenvalue weighted by Gasteiger charge is -1.98. The average Bonchev–Trinajstić information content (AvgIpc) is 2.51. The average molecular weight is 201 g/mol. The van der Waals surface area contributed by atoms with E-state index in [4.69, 9.17) is 5.53 Å². The van der Waals surface area contributed by atoms with Gasteiger partial charge in [-0.2, -0.15) is 4.99 Å². The van der Waals surface area contributed by atoms with Crippen LogP contribution in [0.2, 0.25) is 0 Å². The van der Waals surface area contributed by atoms with Crippen LogP contribution >= 0.6 is 0 Å². The van der Waals surface area contributed by atoms with E-state index in [1.165, 1.54) is 0 Å². The van der Waals surface area contributed by atoms with Gasteiger partial charge < -0.3 is 10.3 Å². The molecule has 0 radical (unpaired) electrons. The zero-order valence-electron chi connectivity index (χ0n) is 6.80. The number of aliphatic imine (C=N–C) groups is 2. The summed E-state index contributed by atoms with van der Waals surface area (Å²) in [6.45, 7) is 1.86. The molecule has 0 unspecified atom stereocenters. The maximum atomic E-state index is 11.3. The van der Waals surface area contributed by atoms with Gasteiger partial charge in [0.2, 0.25) is 6.34 Å². The van der Waals surface area contributed by atoms with Gasteiger partial charge >= 0.3 is 5.84 Å². The zero-order valence-corrected chi connectivity index (χ0v) is 7.61. The van der Waals surface area contributed by atoms with Gasteiger partial charge in [-0.05, 0) is 4.99 Å². The lowest BCUT2D eigenvalue weighted by Crippen LogP contribution is -2.34. The van der Waals surface area contributed by atoms with Crippen LogP contribution in [0.25, 0.3) is 5.53 Å². The third-order valence-corrected chi connectivity index (χ3v) is 2.70. The first-order chi connectivity index (χ1) is 6.11. The molecule has 0 saturated heterocycles. The minimum Gasteiger partial charge on any atom is -0.497 e. The van der Waals surface area contributed by atoms with Gasteiger partial charge in [0.25, 0.3) is 15.1 Å². The summed E-state index contributed by atoms with van der Waals surface area (Å²) in [6, 6.07) is 0. The summed E-state index contributed by atoms with van der Waals surface area (Å²) in [7, 11) is -3.69. The van der Waals surface area contributed by atoms with E-state index < -0.39 is 10.0 Å². The Morgan fingerprint density at radius 2 is 2.38 bits per heavy atom.